The third-order valence-electron chi connectivity index (χ3n) is 3.39. The van der Waals surface area contributed by atoms with E-state index in [1.807, 2.05) is 29.2 Å². The van der Waals surface area contributed by atoms with E-state index < -0.39 is 0 Å². The van der Waals surface area contributed by atoms with Crippen LogP contribution in [0.15, 0.2) is 28.7 Å². The van der Waals surface area contributed by atoms with Crippen molar-refractivity contribution in [1.29, 1.82) is 0 Å². The van der Waals surface area contributed by atoms with Gasteiger partial charge in [-0.3, -0.25) is 4.79 Å². The van der Waals surface area contributed by atoms with E-state index in [2.05, 4.69) is 22.9 Å². The zero-order chi connectivity index (χ0) is 12.3. The Morgan fingerprint density at radius 2 is 2.18 bits per heavy atom. The van der Waals surface area contributed by atoms with E-state index in [4.69, 9.17) is 0 Å². The van der Waals surface area contributed by atoms with Crippen LogP contribution in [0.25, 0.3) is 0 Å². The predicted molar refractivity (Wildman–Crippen MR) is 73.1 cm³/mol. The fourth-order valence-corrected chi connectivity index (χ4v) is 2.76. The summed E-state index contributed by atoms with van der Waals surface area (Å²) in [5, 5.41) is 0. The lowest BCUT2D eigenvalue weighted by Crippen LogP contribution is -2.38. The Hall–Kier alpha value is -0.830. The molecule has 3 heteroatoms. The minimum absolute atomic E-state index is 0.167. The Kier molecular flexibility index (Phi) is 4.21. The molecule has 0 N–H and O–H groups in total. The Morgan fingerprint density at radius 1 is 1.35 bits per heavy atom. The van der Waals surface area contributed by atoms with E-state index in [9.17, 15) is 4.79 Å². The van der Waals surface area contributed by atoms with Crippen LogP contribution in [-0.2, 0) is 0 Å². The smallest absolute Gasteiger partial charge is 0.254 e. The average Bonchev–Trinajstić information content (AvgIpc) is 2.53. The summed E-state index contributed by atoms with van der Waals surface area (Å²) in [6.07, 6.45) is 4.74. The molecule has 1 aliphatic rings. The highest BCUT2D eigenvalue weighted by Crippen LogP contribution is 2.20. The molecule has 1 aromatic carbocycles. The van der Waals surface area contributed by atoms with E-state index in [1.54, 1.807) is 0 Å². The lowest BCUT2D eigenvalue weighted by Gasteiger charge is -2.27. The molecule has 0 aliphatic carbocycles. The first kappa shape index (κ1) is 12.6. The zero-order valence-corrected chi connectivity index (χ0v) is 11.7. The first-order valence-corrected chi connectivity index (χ1v) is 7.04. The van der Waals surface area contributed by atoms with Gasteiger partial charge in [0.25, 0.3) is 5.91 Å². The molecular formula is C14H18BrNO. The van der Waals surface area contributed by atoms with E-state index in [0.717, 1.165) is 29.4 Å². The number of hydrogen-bond acceptors (Lipinski definition) is 1. The van der Waals surface area contributed by atoms with Crippen LogP contribution in [0.4, 0.5) is 0 Å². The number of rotatable bonds is 1. The number of benzene rings is 1. The number of nitrogens with zero attached hydrogens (tertiary/aromatic N) is 1. The van der Waals surface area contributed by atoms with Crippen molar-refractivity contribution in [1.82, 2.24) is 4.90 Å². The summed E-state index contributed by atoms with van der Waals surface area (Å²) >= 11 is 3.41. The highest BCUT2D eigenvalue weighted by molar-refractivity contribution is 9.10. The van der Waals surface area contributed by atoms with Crippen LogP contribution in [-0.4, -0.2) is 23.4 Å². The van der Waals surface area contributed by atoms with Crippen molar-refractivity contribution in [3.8, 4) is 0 Å². The molecule has 1 unspecified atom stereocenters. The highest BCUT2D eigenvalue weighted by Gasteiger charge is 2.22. The van der Waals surface area contributed by atoms with Crippen molar-refractivity contribution in [3.05, 3.63) is 34.3 Å². The lowest BCUT2D eigenvalue weighted by molar-refractivity contribution is 0.0698. The van der Waals surface area contributed by atoms with Crippen LogP contribution >= 0.6 is 15.9 Å². The Balaban J connectivity index is 2.18. The maximum absolute atomic E-state index is 12.4. The van der Waals surface area contributed by atoms with Crippen LogP contribution in [0, 0.1) is 0 Å². The van der Waals surface area contributed by atoms with Crippen LogP contribution in [0.5, 0.6) is 0 Å². The van der Waals surface area contributed by atoms with Gasteiger partial charge >= 0.3 is 0 Å². The maximum atomic E-state index is 12.4. The van der Waals surface area contributed by atoms with Crippen molar-refractivity contribution in [2.45, 2.75) is 38.6 Å². The molecule has 1 aromatic rings. The van der Waals surface area contributed by atoms with Crippen molar-refractivity contribution < 1.29 is 4.79 Å². The minimum atomic E-state index is 0.167. The monoisotopic (exact) mass is 295 g/mol. The molecule has 1 heterocycles. The van der Waals surface area contributed by atoms with Gasteiger partial charge < -0.3 is 4.90 Å². The number of amides is 1. The normalized spacial score (nSPS) is 21.1. The summed E-state index contributed by atoms with van der Waals surface area (Å²) in [6, 6.07) is 8.02. The van der Waals surface area contributed by atoms with Gasteiger partial charge in [-0.25, -0.2) is 0 Å². The summed E-state index contributed by atoms with van der Waals surface area (Å²) in [6.45, 7) is 3.05. The van der Waals surface area contributed by atoms with Gasteiger partial charge in [-0.15, -0.1) is 0 Å². The first-order chi connectivity index (χ1) is 8.18. The fraction of sp³-hybridized carbons (Fsp3) is 0.500. The number of halogens is 1. The molecule has 0 bridgehead atoms. The highest BCUT2D eigenvalue weighted by atomic mass is 79.9. The molecule has 1 fully saturated rings. The molecule has 2 nitrogen and oxygen atoms in total. The van der Waals surface area contributed by atoms with Gasteiger partial charge in [0.2, 0.25) is 0 Å². The standard InChI is InChI=1S/C14H18BrNO/c1-11-6-3-2-4-9-16(11)14(17)12-7-5-8-13(15)10-12/h5,7-8,10-11H,2-4,6,9H2,1H3. The lowest BCUT2D eigenvalue weighted by atomic mass is 10.1. The number of carbonyl (C=O) groups excluding carboxylic acids is 1. The van der Waals surface area contributed by atoms with Crippen LogP contribution in [0.3, 0.4) is 0 Å². The van der Waals surface area contributed by atoms with E-state index in [1.165, 1.54) is 12.8 Å². The fourth-order valence-electron chi connectivity index (χ4n) is 2.36. The number of likely N-dealkylation sites (tertiary alicyclic amines) is 1. The van der Waals surface area contributed by atoms with Crippen LogP contribution in [0.1, 0.15) is 43.0 Å². The van der Waals surface area contributed by atoms with Gasteiger partial charge in [0, 0.05) is 22.6 Å². The van der Waals surface area contributed by atoms with Gasteiger partial charge in [0.05, 0.1) is 0 Å². The largest absolute Gasteiger partial charge is 0.336 e. The molecule has 1 amide bonds. The maximum Gasteiger partial charge on any atom is 0.254 e. The topological polar surface area (TPSA) is 20.3 Å². The van der Waals surface area contributed by atoms with Gasteiger partial charge in [0.1, 0.15) is 0 Å². The molecule has 1 aliphatic heterocycles. The van der Waals surface area contributed by atoms with Gasteiger partial charge in [-0.2, -0.15) is 0 Å². The summed E-state index contributed by atoms with van der Waals surface area (Å²) in [7, 11) is 0. The first-order valence-electron chi connectivity index (χ1n) is 6.25. The summed E-state index contributed by atoms with van der Waals surface area (Å²) < 4.78 is 0.964. The second-order valence-corrected chi connectivity index (χ2v) is 5.62. The third kappa shape index (κ3) is 3.09. The molecule has 2 rings (SSSR count). The van der Waals surface area contributed by atoms with Crippen molar-refractivity contribution in [2.75, 3.05) is 6.54 Å². The zero-order valence-electron chi connectivity index (χ0n) is 10.2. The van der Waals surface area contributed by atoms with Crippen LogP contribution < -0.4 is 0 Å². The van der Waals surface area contributed by atoms with Crippen molar-refractivity contribution in [2.24, 2.45) is 0 Å². The Morgan fingerprint density at radius 3 is 2.94 bits per heavy atom. The second-order valence-electron chi connectivity index (χ2n) is 4.71. The summed E-state index contributed by atoms with van der Waals surface area (Å²) in [4.78, 5) is 14.4. The number of carbonyl (C=O) groups is 1. The van der Waals surface area contributed by atoms with Gasteiger partial charge in [-0.1, -0.05) is 34.8 Å². The van der Waals surface area contributed by atoms with E-state index in [0.29, 0.717) is 6.04 Å². The summed E-state index contributed by atoms with van der Waals surface area (Å²) in [5.41, 5.74) is 0.785. The predicted octanol–water partition coefficient (Wildman–Crippen LogP) is 3.85. The minimum Gasteiger partial charge on any atom is -0.336 e. The van der Waals surface area contributed by atoms with E-state index in [-0.39, 0.29) is 5.91 Å². The molecule has 0 saturated carbocycles. The molecular weight excluding hydrogens is 278 g/mol. The van der Waals surface area contributed by atoms with Crippen molar-refractivity contribution in [3.63, 3.8) is 0 Å². The summed E-state index contributed by atoms with van der Waals surface area (Å²) in [5.74, 6) is 0.167. The Bertz CT molecular complexity index is 405. The molecule has 92 valence electrons. The molecule has 0 radical (unpaired) electrons. The second kappa shape index (κ2) is 5.67. The molecule has 17 heavy (non-hydrogen) atoms. The van der Waals surface area contributed by atoms with Gasteiger partial charge in [0.15, 0.2) is 0 Å². The van der Waals surface area contributed by atoms with Crippen LogP contribution in [0.2, 0.25) is 0 Å². The third-order valence-corrected chi connectivity index (χ3v) is 3.88. The quantitative estimate of drug-likeness (QED) is 0.770. The molecule has 1 atom stereocenters. The van der Waals surface area contributed by atoms with Gasteiger partial charge in [-0.05, 0) is 38.0 Å². The molecule has 1 saturated heterocycles. The Labute approximate surface area is 111 Å². The SMILES string of the molecule is CC1CCCCCN1C(=O)c1cccc(Br)c1. The molecule has 0 aromatic heterocycles. The average molecular weight is 296 g/mol. The molecule has 0 spiro atoms. The van der Waals surface area contributed by atoms with Crippen molar-refractivity contribution >= 4 is 21.8 Å². The number of hydrogen-bond donors (Lipinski definition) is 0. The van der Waals surface area contributed by atoms with E-state index >= 15 is 0 Å².